The lowest BCUT2D eigenvalue weighted by molar-refractivity contribution is 0.528. The van der Waals surface area contributed by atoms with Crippen LogP contribution in [0, 0.1) is 5.92 Å². The molecule has 0 saturated carbocycles. The maximum Gasteiger partial charge on any atom is 0.0342 e. The Balaban J connectivity index is 2.40. The summed E-state index contributed by atoms with van der Waals surface area (Å²) in [5.74, 6) is 0.798. The Morgan fingerprint density at radius 1 is 1.00 bits per heavy atom. The van der Waals surface area contributed by atoms with Gasteiger partial charge < -0.3 is 5.32 Å². The molecule has 0 aromatic heterocycles. The second-order valence-electron chi connectivity index (χ2n) is 5.07. The average Bonchev–Trinajstić information content (AvgIpc) is 2.27. The maximum absolute atomic E-state index is 3.55. The van der Waals surface area contributed by atoms with Crippen LogP contribution in [0.3, 0.4) is 0 Å². The highest BCUT2D eigenvalue weighted by Gasteiger charge is 2.03. The van der Waals surface area contributed by atoms with Crippen molar-refractivity contribution in [2.75, 3.05) is 5.32 Å². The van der Waals surface area contributed by atoms with Gasteiger partial charge in [-0.2, -0.15) is 0 Å². The molecule has 0 radical (unpaired) electrons. The van der Waals surface area contributed by atoms with Crippen LogP contribution in [0.1, 0.15) is 46.1 Å². The van der Waals surface area contributed by atoms with Crippen LogP contribution >= 0.6 is 0 Å². The van der Waals surface area contributed by atoms with Gasteiger partial charge in [-0.05, 0) is 49.8 Å². The van der Waals surface area contributed by atoms with E-state index in [1.54, 1.807) is 0 Å². The third-order valence-electron chi connectivity index (χ3n) is 2.95. The van der Waals surface area contributed by atoms with Crippen molar-refractivity contribution in [3.05, 3.63) is 29.8 Å². The number of benzene rings is 1. The van der Waals surface area contributed by atoms with Crippen LogP contribution in [0.2, 0.25) is 0 Å². The van der Waals surface area contributed by atoms with E-state index in [9.17, 15) is 0 Å². The highest BCUT2D eigenvalue weighted by atomic mass is 14.9. The summed E-state index contributed by atoms with van der Waals surface area (Å²) in [7, 11) is 0. The molecule has 0 heterocycles. The lowest BCUT2D eigenvalue weighted by Crippen LogP contribution is -2.15. The summed E-state index contributed by atoms with van der Waals surface area (Å²) < 4.78 is 0. The molecule has 1 heteroatoms. The van der Waals surface area contributed by atoms with Crippen molar-refractivity contribution in [3.8, 4) is 0 Å². The van der Waals surface area contributed by atoms with Crippen LogP contribution in [-0.4, -0.2) is 6.04 Å². The van der Waals surface area contributed by atoms with Crippen LogP contribution in [0.4, 0.5) is 5.69 Å². The van der Waals surface area contributed by atoms with Gasteiger partial charge in [-0.1, -0.05) is 32.9 Å². The van der Waals surface area contributed by atoms with Crippen molar-refractivity contribution in [3.63, 3.8) is 0 Å². The first kappa shape index (κ1) is 13.1. The number of hydrogen-bond acceptors (Lipinski definition) is 1. The van der Waals surface area contributed by atoms with E-state index in [0.717, 1.165) is 12.3 Å². The first-order chi connectivity index (χ1) is 7.61. The molecule has 0 fully saturated rings. The minimum atomic E-state index is 0.565. The molecule has 1 unspecified atom stereocenters. The Bertz CT molecular complexity index is 287. The quantitative estimate of drug-likeness (QED) is 0.743. The number of nitrogens with one attached hydrogen (secondary N) is 1. The van der Waals surface area contributed by atoms with Crippen LogP contribution in [0.15, 0.2) is 24.3 Å². The minimum absolute atomic E-state index is 0.565. The van der Waals surface area contributed by atoms with E-state index in [2.05, 4.69) is 57.3 Å². The molecule has 1 rings (SSSR count). The molecule has 90 valence electrons. The summed E-state index contributed by atoms with van der Waals surface area (Å²) in [5.41, 5.74) is 2.65. The van der Waals surface area contributed by atoms with Crippen LogP contribution < -0.4 is 5.32 Å². The summed E-state index contributed by atoms with van der Waals surface area (Å²) in [4.78, 5) is 0. The molecule has 1 nitrogen and oxygen atoms in total. The van der Waals surface area contributed by atoms with Crippen molar-refractivity contribution in [1.82, 2.24) is 0 Å². The fourth-order valence-electron chi connectivity index (χ4n) is 1.78. The van der Waals surface area contributed by atoms with Gasteiger partial charge in [-0.3, -0.25) is 0 Å². The van der Waals surface area contributed by atoms with Gasteiger partial charge in [-0.15, -0.1) is 0 Å². The Labute approximate surface area is 100 Å². The van der Waals surface area contributed by atoms with Gasteiger partial charge in [0.25, 0.3) is 0 Å². The van der Waals surface area contributed by atoms with Crippen molar-refractivity contribution in [1.29, 1.82) is 0 Å². The largest absolute Gasteiger partial charge is 0.383 e. The first-order valence-corrected chi connectivity index (χ1v) is 6.47. The van der Waals surface area contributed by atoms with E-state index in [1.807, 2.05) is 0 Å². The van der Waals surface area contributed by atoms with Gasteiger partial charge in [0, 0.05) is 11.7 Å². The lowest BCUT2D eigenvalue weighted by Gasteiger charge is -2.16. The smallest absolute Gasteiger partial charge is 0.0342 e. The SMILES string of the molecule is CCc1ccc(NC(C)CCC(C)C)cc1. The third-order valence-corrected chi connectivity index (χ3v) is 2.95. The van der Waals surface area contributed by atoms with E-state index < -0.39 is 0 Å². The molecular weight excluding hydrogens is 194 g/mol. The minimum Gasteiger partial charge on any atom is -0.383 e. The van der Waals surface area contributed by atoms with Gasteiger partial charge >= 0.3 is 0 Å². The molecule has 1 atom stereocenters. The molecule has 0 aliphatic heterocycles. The molecule has 1 N–H and O–H groups in total. The molecule has 0 bridgehead atoms. The Morgan fingerprint density at radius 2 is 1.62 bits per heavy atom. The molecular formula is C15H25N. The molecule has 0 aliphatic carbocycles. The summed E-state index contributed by atoms with van der Waals surface area (Å²) >= 11 is 0. The zero-order chi connectivity index (χ0) is 12.0. The zero-order valence-corrected chi connectivity index (χ0v) is 11.1. The molecule has 0 saturated heterocycles. The van der Waals surface area contributed by atoms with Crippen LogP contribution in [0.25, 0.3) is 0 Å². The second kappa shape index (κ2) is 6.57. The highest BCUT2D eigenvalue weighted by Crippen LogP contribution is 2.14. The van der Waals surface area contributed by atoms with E-state index in [-0.39, 0.29) is 0 Å². The van der Waals surface area contributed by atoms with Gasteiger partial charge in [0.2, 0.25) is 0 Å². The number of aryl methyl sites for hydroxylation is 1. The lowest BCUT2D eigenvalue weighted by atomic mass is 10.0. The zero-order valence-electron chi connectivity index (χ0n) is 11.1. The normalized spacial score (nSPS) is 12.8. The third kappa shape index (κ3) is 4.69. The summed E-state index contributed by atoms with van der Waals surface area (Å²) in [6.45, 7) is 9.01. The van der Waals surface area contributed by atoms with Crippen molar-refractivity contribution in [2.45, 2.75) is 53.0 Å². The summed E-state index contributed by atoms with van der Waals surface area (Å²) in [5, 5.41) is 3.55. The fourth-order valence-corrected chi connectivity index (χ4v) is 1.78. The van der Waals surface area contributed by atoms with E-state index >= 15 is 0 Å². The first-order valence-electron chi connectivity index (χ1n) is 6.47. The Hall–Kier alpha value is -0.980. The molecule has 0 amide bonds. The molecule has 1 aromatic rings. The van der Waals surface area contributed by atoms with E-state index in [4.69, 9.17) is 0 Å². The average molecular weight is 219 g/mol. The van der Waals surface area contributed by atoms with Gasteiger partial charge in [0.15, 0.2) is 0 Å². The van der Waals surface area contributed by atoms with Crippen molar-refractivity contribution in [2.24, 2.45) is 5.92 Å². The Kier molecular flexibility index (Phi) is 5.37. The number of anilines is 1. The summed E-state index contributed by atoms with van der Waals surface area (Å²) in [6, 6.07) is 9.35. The van der Waals surface area contributed by atoms with Gasteiger partial charge in [-0.25, -0.2) is 0 Å². The topological polar surface area (TPSA) is 12.0 Å². The second-order valence-corrected chi connectivity index (χ2v) is 5.07. The predicted molar refractivity (Wildman–Crippen MR) is 73.0 cm³/mol. The molecule has 0 aliphatic rings. The maximum atomic E-state index is 3.55. The Morgan fingerprint density at radius 3 is 2.12 bits per heavy atom. The number of rotatable bonds is 6. The monoisotopic (exact) mass is 219 g/mol. The fraction of sp³-hybridized carbons (Fsp3) is 0.600. The van der Waals surface area contributed by atoms with Gasteiger partial charge in [0.05, 0.1) is 0 Å². The summed E-state index contributed by atoms with van der Waals surface area (Å²) in [6.07, 6.45) is 3.65. The molecule has 16 heavy (non-hydrogen) atoms. The van der Waals surface area contributed by atoms with Crippen LogP contribution in [0.5, 0.6) is 0 Å². The van der Waals surface area contributed by atoms with Gasteiger partial charge in [0.1, 0.15) is 0 Å². The number of hydrogen-bond donors (Lipinski definition) is 1. The van der Waals surface area contributed by atoms with E-state index in [1.165, 1.54) is 24.1 Å². The van der Waals surface area contributed by atoms with E-state index in [0.29, 0.717) is 6.04 Å². The molecule has 0 spiro atoms. The molecule has 1 aromatic carbocycles. The standard InChI is InChI=1S/C15H25N/c1-5-14-8-10-15(11-9-14)16-13(4)7-6-12(2)3/h8-13,16H,5-7H2,1-4H3. The highest BCUT2D eigenvalue weighted by molar-refractivity contribution is 5.45. The van der Waals surface area contributed by atoms with Crippen molar-refractivity contribution < 1.29 is 0 Å². The van der Waals surface area contributed by atoms with Crippen molar-refractivity contribution >= 4 is 5.69 Å². The predicted octanol–water partition coefficient (Wildman–Crippen LogP) is 4.49. The van der Waals surface area contributed by atoms with Crippen LogP contribution in [-0.2, 0) is 6.42 Å².